The molecule has 3 aromatic heterocycles. The number of ether oxygens (including phenoxy) is 1. The maximum Gasteiger partial charge on any atom is 0.177 e. The van der Waals surface area contributed by atoms with Gasteiger partial charge < -0.3 is 15.0 Å². The Bertz CT molecular complexity index is 1330. The number of methoxy groups -OCH3 is 1. The van der Waals surface area contributed by atoms with Crippen LogP contribution in [0.4, 0.5) is 17.3 Å². The van der Waals surface area contributed by atoms with Crippen LogP contribution >= 0.6 is 0 Å². The lowest BCUT2D eigenvalue weighted by atomic mass is 10.1. The van der Waals surface area contributed by atoms with Gasteiger partial charge in [0, 0.05) is 36.1 Å². The van der Waals surface area contributed by atoms with Crippen LogP contribution in [0.5, 0.6) is 0 Å². The predicted molar refractivity (Wildman–Crippen MR) is 137 cm³/mol. The zero-order chi connectivity index (χ0) is 23.5. The Morgan fingerprint density at radius 3 is 2.88 bits per heavy atom. The lowest BCUT2D eigenvalue weighted by molar-refractivity contribution is 0.369. The van der Waals surface area contributed by atoms with Crippen molar-refractivity contribution >= 4 is 28.7 Å². The van der Waals surface area contributed by atoms with Gasteiger partial charge in [0.1, 0.15) is 17.4 Å². The van der Waals surface area contributed by atoms with E-state index in [4.69, 9.17) is 14.8 Å². The van der Waals surface area contributed by atoms with Gasteiger partial charge >= 0.3 is 0 Å². The molecule has 0 saturated carbocycles. The van der Waals surface area contributed by atoms with Gasteiger partial charge in [-0.15, -0.1) is 0 Å². The summed E-state index contributed by atoms with van der Waals surface area (Å²) in [6.45, 7) is 5.41. The van der Waals surface area contributed by atoms with E-state index in [0.29, 0.717) is 6.04 Å². The SMILES string of the molecule is CC/C=C(/OC)c1cccc(-c2cc(Nc3cccc(N4CCCC4C)n3)c3nccn3n2)c1. The maximum absolute atomic E-state index is 5.59. The van der Waals surface area contributed by atoms with Crippen LogP contribution < -0.4 is 10.2 Å². The van der Waals surface area contributed by atoms with Crippen molar-refractivity contribution in [2.75, 3.05) is 23.9 Å². The van der Waals surface area contributed by atoms with Gasteiger partial charge in [0.15, 0.2) is 5.65 Å². The van der Waals surface area contributed by atoms with Crippen LogP contribution in [-0.2, 0) is 4.74 Å². The Morgan fingerprint density at radius 2 is 2.09 bits per heavy atom. The average molecular weight is 455 g/mol. The lowest BCUT2D eigenvalue weighted by Gasteiger charge is -2.23. The second kappa shape index (κ2) is 9.55. The molecule has 1 unspecified atom stereocenters. The first-order valence-corrected chi connectivity index (χ1v) is 11.9. The smallest absolute Gasteiger partial charge is 0.177 e. The minimum absolute atomic E-state index is 0.514. The van der Waals surface area contributed by atoms with E-state index in [0.717, 1.165) is 58.5 Å². The van der Waals surface area contributed by atoms with E-state index in [1.807, 2.05) is 24.4 Å². The van der Waals surface area contributed by atoms with Gasteiger partial charge in [0.25, 0.3) is 0 Å². The Hall–Kier alpha value is -3.87. The molecule has 1 aliphatic rings. The molecule has 4 aromatic rings. The van der Waals surface area contributed by atoms with Gasteiger partial charge in [-0.1, -0.05) is 31.2 Å². The second-order valence-electron chi connectivity index (χ2n) is 8.59. The fourth-order valence-electron chi connectivity index (χ4n) is 4.55. The van der Waals surface area contributed by atoms with Gasteiger partial charge in [-0.25, -0.2) is 14.5 Å². The zero-order valence-corrected chi connectivity index (χ0v) is 19.9. The molecule has 4 heterocycles. The molecule has 1 aliphatic heterocycles. The highest BCUT2D eigenvalue weighted by Crippen LogP contribution is 2.29. The number of benzene rings is 1. The molecular formula is C27H30N6O. The average Bonchev–Trinajstić information content (AvgIpc) is 3.52. The number of fused-ring (bicyclic) bond motifs is 1. The van der Waals surface area contributed by atoms with Gasteiger partial charge in [0.2, 0.25) is 0 Å². The second-order valence-corrected chi connectivity index (χ2v) is 8.59. The normalized spacial score (nSPS) is 16.3. The van der Waals surface area contributed by atoms with E-state index in [9.17, 15) is 0 Å². The van der Waals surface area contributed by atoms with Crippen LogP contribution in [0.15, 0.2) is 67.0 Å². The van der Waals surface area contributed by atoms with Gasteiger partial charge in [-0.2, -0.15) is 5.10 Å². The third-order valence-electron chi connectivity index (χ3n) is 6.26. The van der Waals surface area contributed by atoms with Crippen LogP contribution in [0.1, 0.15) is 38.7 Å². The molecule has 0 bridgehead atoms. The van der Waals surface area contributed by atoms with E-state index in [2.05, 4.69) is 65.5 Å². The molecule has 1 aromatic carbocycles. The van der Waals surface area contributed by atoms with Crippen molar-refractivity contribution in [1.29, 1.82) is 0 Å². The predicted octanol–water partition coefficient (Wildman–Crippen LogP) is 5.92. The molecule has 1 N–H and O–H groups in total. The first-order chi connectivity index (χ1) is 16.7. The number of pyridine rings is 1. The molecule has 34 heavy (non-hydrogen) atoms. The van der Waals surface area contributed by atoms with E-state index in [-0.39, 0.29) is 0 Å². The van der Waals surface area contributed by atoms with Crippen LogP contribution in [0.2, 0.25) is 0 Å². The van der Waals surface area contributed by atoms with Crippen molar-refractivity contribution in [3.05, 3.63) is 72.6 Å². The Kier molecular flexibility index (Phi) is 6.16. The molecule has 1 saturated heterocycles. The molecule has 0 spiro atoms. The fourth-order valence-corrected chi connectivity index (χ4v) is 4.55. The van der Waals surface area contributed by atoms with E-state index >= 15 is 0 Å². The number of aromatic nitrogens is 4. The Labute approximate surface area is 200 Å². The fraction of sp³-hybridized carbons (Fsp3) is 0.296. The molecule has 7 heteroatoms. The van der Waals surface area contributed by atoms with E-state index in [1.165, 1.54) is 12.8 Å². The highest BCUT2D eigenvalue weighted by atomic mass is 16.5. The summed E-state index contributed by atoms with van der Waals surface area (Å²) in [4.78, 5) is 11.8. The number of hydrogen-bond acceptors (Lipinski definition) is 6. The summed E-state index contributed by atoms with van der Waals surface area (Å²) in [5.74, 6) is 2.66. The van der Waals surface area contributed by atoms with Crippen molar-refractivity contribution in [3.8, 4) is 11.3 Å². The largest absolute Gasteiger partial charge is 0.496 e. The number of anilines is 3. The van der Waals surface area contributed by atoms with Gasteiger partial charge in [0.05, 0.1) is 18.5 Å². The van der Waals surface area contributed by atoms with Crippen LogP contribution in [-0.4, -0.2) is 39.3 Å². The van der Waals surface area contributed by atoms with Crippen molar-refractivity contribution in [1.82, 2.24) is 19.6 Å². The molecule has 7 nitrogen and oxygen atoms in total. The topological polar surface area (TPSA) is 67.6 Å². The molecule has 1 atom stereocenters. The molecule has 0 amide bonds. The Morgan fingerprint density at radius 1 is 1.21 bits per heavy atom. The molecular weight excluding hydrogens is 424 g/mol. The number of rotatable bonds is 7. The molecule has 0 radical (unpaired) electrons. The number of imidazole rings is 1. The summed E-state index contributed by atoms with van der Waals surface area (Å²) in [7, 11) is 1.70. The van der Waals surface area contributed by atoms with Crippen molar-refractivity contribution in [3.63, 3.8) is 0 Å². The first kappa shape index (κ1) is 21.9. The molecule has 5 rings (SSSR count). The van der Waals surface area contributed by atoms with Crippen LogP contribution in [0, 0.1) is 0 Å². The van der Waals surface area contributed by atoms with Crippen molar-refractivity contribution < 1.29 is 4.74 Å². The summed E-state index contributed by atoms with van der Waals surface area (Å²) in [5, 5.41) is 8.29. The highest BCUT2D eigenvalue weighted by Gasteiger charge is 2.21. The number of hydrogen-bond donors (Lipinski definition) is 1. The Balaban J connectivity index is 1.51. The van der Waals surface area contributed by atoms with Crippen LogP contribution in [0.3, 0.4) is 0 Å². The summed E-state index contributed by atoms with van der Waals surface area (Å²) >= 11 is 0. The van der Waals surface area contributed by atoms with Crippen LogP contribution in [0.25, 0.3) is 22.7 Å². The van der Waals surface area contributed by atoms with Crippen molar-refractivity contribution in [2.45, 2.75) is 39.2 Å². The standard InChI is InChI=1S/C27H30N6O/c1-4-8-24(34-3)21-11-5-10-20(17-21)22-18-23(27-28-14-16-33(27)31-22)29-25-12-6-13-26(30-25)32-15-7-9-19(32)2/h5-6,8,10-14,16-19H,4,7,9,15H2,1-3H3,(H,29,30)/b24-8+. The van der Waals surface area contributed by atoms with E-state index in [1.54, 1.807) is 17.8 Å². The quantitative estimate of drug-likeness (QED) is 0.350. The summed E-state index contributed by atoms with van der Waals surface area (Å²) in [5.41, 5.74) is 4.48. The van der Waals surface area contributed by atoms with Gasteiger partial charge in [-0.3, -0.25) is 0 Å². The molecule has 0 aliphatic carbocycles. The summed E-state index contributed by atoms with van der Waals surface area (Å²) < 4.78 is 7.39. The van der Waals surface area contributed by atoms with Crippen molar-refractivity contribution in [2.24, 2.45) is 0 Å². The summed E-state index contributed by atoms with van der Waals surface area (Å²) in [6, 6.07) is 16.9. The number of nitrogens with one attached hydrogen (secondary N) is 1. The minimum Gasteiger partial charge on any atom is -0.496 e. The number of nitrogens with zero attached hydrogens (tertiary/aromatic N) is 5. The minimum atomic E-state index is 0.514. The highest BCUT2D eigenvalue weighted by molar-refractivity contribution is 5.78. The third-order valence-corrected chi connectivity index (χ3v) is 6.26. The summed E-state index contributed by atoms with van der Waals surface area (Å²) in [6.07, 6.45) is 9.03. The van der Waals surface area contributed by atoms with E-state index < -0.39 is 0 Å². The monoisotopic (exact) mass is 454 g/mol. The zero-order valence-electron chi connectivity index (χ0n) is 19.9. The lowest BCUT2D eigenvalue weighted by Crippen LogP contribution is -2.27. The first-order valence-electron chi connectivity index (χ1n) is 11.9. The molecule has 174 valence electrons. The third kappa shape index (κ3) is 4.33. The number of allylic oxidation sites excluding steroid dienone is 1. The van der Waals surface area contributed by atoms with Gasteiger partial charge in [-0.05, 0) is 56.5 Å². The molecule has 1 fully saturated rings. The maximum atomic E-state index is 5.59.